The lowest BCUT2D eigenvalue weighted by Crippen LogP contribution is -2.52. The van der Waals surface area contributed by atoms with Gasteiger partial charge in [0.1, 0.15) is 5.56 Å². The molecule has 2 rings (SSSR count). The number of carbonyl (C=O) groups excluding carboxylic acids is 1. The fraction of sp³-hybridized carbons (Fsp3) is 0.455. The summed E-state index contributed by atoms with van der Waals surface area (Å²) >= 11 is 0. The van der Waals surface area contributed by atoms with Gasteiger partial charge in [-0.1, -0.05) is 0 Å². The molecule has 1 amide bonds. The Morgan fingerprint density at radius 1 is 1.56 bits per heavy atom. The minimum atomic E-state index is -0.227. The maximum absolute atomic E-state index is 12.1. The normalized spacial score (nSPS) is 20.8. The minimum absolute atomic E-state index is 0.126. The van der Waals surface area contributed by atoms with Crippen molar-refractivity contribution in [2.45, 2.75) is 13.0 Å². The summed E-state index contributed by atoms with van der Waals surface area (Å²) in [4.78, 5) is 28.1. The Hall–Kier alpha value is -1.62. The van der Waals surface area contributed by atoms with Gasteiger partial charge in [0.2, 0.25) is 0 Å². The Balaban J connectivity index is 2.25. The largest absolute Gasteiger partial charge is 0.367 e. The molecule has 2 N–H and O–H groups in total. The molecule has 1 aliphatic rings. The number of hydrogen-bond acceptors (Lipinski definition) is 3. The van der Waals surface area contributed by atoms with Gasteiger partial charge in [0.25, 0.3) is 5.91 Å². The Kier molecular flexibility index (Phi) is 3.05. The van der Waals surface area contributed by atoms with E-state index >= 15 is 0 Å². The van der Waals surface area contributed by atoms with E-state index in [4.69, 9.17) is 0 Å². The smallest absolute Gasteiger partial charge is 0.259 e. The van der Waals surface area contributed by atoms with Crippen LogP contribution in [0.15, 0.2) is 23.3 Å². The molecule has 1 aromatic heterocycles. The lowest BCUT2D eigenvalue weighted by Gasteiger charge is -2.33. The number of carbonyl (C=O) groups is 1. The number of amides is 1. The van der Waals surface area contributed by atoms with Crippen LogP contribution in [0.3, 0.4) is 0 Å². The highest BCUT2D eigenvalue weighted by Gasteiger charge is 2.25. The van der Waals surface area contributed by atoms with E-state index in [9.17, 15) is 9.59 Å². The van der Waals surface area contributed by atoms with E-state index in [1.165, 1.54) is 18.5 Å². The lowest BCUT2D eigenvalue weighted by atomic mass is 10.1. The van der Waals surface area contributed by atoms with Crippen molar-refractivity contribution < 1.29 is 4.79 Å². The van der Waals surface area contributed by atoms with Crippen LogP contribution < -0.4 is 10.7 Å². The van der Waals surface area contributed by atoms with Crippen LogP contribution in [0.25, 0.3) is 0 Å². The first kappa shape index (κ1) is 10.9. The highest BCUT2D eigenvalue weighted by atomic mass is 16.2. The first-order valence-electron chi connectivity index (χ1n) is 5.39. The third-order valence-electron chi connectivity index (χ3n) is 2.82. The molecule has 0 spiro atoms. The molecular weight excluding hydrogens is 206 g/mol. The van der Waals surface area contributed by atoms with Gasteiger partial charge in [0, 0.05) is 44.1 Å². The quantitative estimate of drug-likeness (QED) is 0.690. The van der Waals surface area contributed by atoms with Crippen molar-refractivity contribution >= 4 is 5.91 Å². The van der Waals surface area contributed by atoms with Crippen LogP contribution in [-0.2, 0) is 0 Å². The van der Waals surface area contributed by atoms with E-state index < -0.39 is 0 Å². The number of hydrogen-bond donors (Lipinski definition) is 2. The molecule has 0 radical (unpaired) electrons. The van der Waals surface area contributed by atoms with Crippen LogP contribution in [0.5, 0.6) is 0 Å². The fourth-order valence-electron chi connectivity index (χ4n) is 1.88. The molecule has 86 valence electrons. The standard InChI is InChI=1S/C11H15N3O2/c1-8-6-13-4-5-14(8)11(16)9-7-12-3-2-10(9)15/h2-3,7-8,13H,4-6H2,1H3,(H,12,15)/t8-/m0/s1. The van der Waals surface area contributed by atoms with E-state index in [0.717, 1.165) is 13.1 Å². The summed E-state index contributed by atoms with van der Waals surface area (Å²) in [5.74, 6) is -0.184. The number of nitrogens with zero attached hydrogens (tertiary/aromatic N) is 1. The van der Waals surface area contributed by atoms with Gasteiger partial charge in [-0.3, -0.25) is 9.59 Å². The van der Waals surface area contributed by atoms with Crippen LogP contribution in [0.2, 0.25) is 0 Å². The van der Waals surface area contributed by atoms with Crippen molar-refractivity contribution in [1.29, 1.82) is 0 Å². The first-order valence-corrected chi connectivity index (χ1v) is 5.39. The third-order valence-corrected chi connectivity index (χ3v) is 2.82. The first-order chi connectivity index (χ1) is 7.70. The Labute approximate surface area is 93.5 Å². The lowest BCUT2D eigenvalue weighted by molar-refractivity contribution is 0.0654. The van der Waals surface area contributed by atoms with Gasteiger partial charge in [0.15, 0.2) is 5.43 Å². The fourth-order valence-corrected chi connectivity index (χ4v) is 1.88. The second-order valence-corrected chi connectivity index (χ2v) is 3.97. The van der Waals surface area contributed by atoms with Gasteiger partial charge in [-0.05, 0) is 6.92 Å². The van der Waals surface area contributed by atoms with Crippen LogP contribution >= 0.6 is 0 Å². The number of aromatic nitrogens is 1. The molecule has 0 aromatic carbocycles. The number of H-pyrrole nitrogens is 1. The van der Waals surface area contributed by atoms with Crippen molar-refractivity contribution in [3.8, 4) is 0 Å². The van der Waals surface area contributed by atoms with Gasteiger partial charge in [-0.25, -0.2) is 0 Å². The zero-order valence-corrected chi connectivity index (χ0v) is 9.19. The summed E-state index contributed by atoms with van der Waals surface area (Å²) in [5, 5.41) is 3.21. The molecule has 1 aliphatic heterocycles. The Bertz CT molecular complexity index is 441. The summed E-state index contributed by atoms with van der Waals surface area (Å²) in [6.07, 6.45) is 3.00. The molecule has 16 heavy (non-hydrogen) atoms. The van der Waals surface area contributed by atoms with Crippen molar-refractivity contribution in [2.24, 2.45) is 0 Å². The van der Waals surface area contributed by atoms with Crippen molar-refractivity contribution in [1.82, 2.24) is 15.2 Å². The predicted molar refractivity (Wildman–Crippen MR) is 60.4 cm³/mol. The summed E-state index contributed by atoms with van der Waals surface area (Å²) in [5.41, 5.74) is -0.00858. The second-order valence-electron chi connectivity index (χ2n) is 3.97. The molecule has 5 heteroatoms. The summed E-state index contributed by atoms with van der Waals surface area (Å²) in [6, 6.07) is 1.50. The molecule has 5 nitrogen and oxygen atoms in total. The number of aromatic amines is 1. The second kappa shape index (κ2) is 4.49. The van der Waals surface area contributed by atoms with Crippen molar-refractivity contribution in [3.05, 3.63) is 34.2 Å². The van der Waals surface area contributed by atoms with Gasteiger partial charge in [-0.15, -0.1) is 0 Å². The molecule has 1 atom stereocenters. The topological polar surface area (TPSA) is 65.2 Å². The van der Waals surface area contributed by atoms with E-state index in [2.05, 4.69) is 10.3 Å². The summed E-state index contributed by atoms with van der Waals surface area (Å²) < 4.78 is 0. The Morgan fingerprint density at radius 2 is 2.38 bits per heavy atom. The highest BCUT2D eigenvalue weighted by molar-refractivity contribution is 5.94. The molecule has 0 unspecified atom stereocenters. The number of nitrogens with one attached hydrogen (secondary N) is 2. The van der Waals surface area contributed by atoms with E-state index in [1.807, 2.05) is 6.92 Å². The third kappa shape index (κ3) is 1.99. The summed E-state index contributed by atoms with van der Waals surface area (Å²) in [6.45, 7) is 4.17. The highest BCUT2D eigenvalue weighted by Crippen LogP contribution is 2.06. The Morgan fingerprint density at radius 3 is 3.06 bits per heavy atom. The van der Waals surface area contributed by atoms with Crippen molar-refractivity contribution in [3.63, 3.8) is 0 Å². The summed E-state index contributed by atoms with van der Waals surface area (Å²) in [7, 11) is 0. The van der Waals surface area contributed by atoms with E-state index in [-0.39, 0.29) is 22.9 Å². The molecule has 1 saturated heterocycles. The average Bonchev–Trinajstić information content (AvgIpc) is 2.29. The van der Waals surface area contributed by atoms with Crippen molar-refractivity contribution in [2.75, 3.05) is 19.6 Å². The van der Waals surface area contributed by atoms with Crippen LogP contribution in [0.1, 0.15) is 17.3 Å². The predicted octanol–water partition coefficient (Wildman–Crippen LogP) is -0.191. The van der Waals surface area contributed by atoms with Gasteiger partial charge in [0.05, 0.1) is 0 Å². The molecular formula is C11H15N3O2. The van der Waals surface area contributed by atoms with Crippen LogP contribution in [0, 0.1) is 0 Å². The molecule has 1 aromatic rings. The zero-order chi connectivity index (χ0) is 11.5. The monoisotopic (exact) mass is 221 g/mol. The van der Waals surface area contributed by atoms with Gasteiger partial charge >= 0.3 is 0 Å². The molecule has 0 bridgehead atoms. The van der Waals surface area contributed by atoms with E-state index in [0.29, 0.717) is 6.54 Å². The number of rotatable bonds is 1. The minimum Gasteiger partial charge on any atom is -0.367 e. The SMILES string of the molecule is C[C@H]1CNCCN1C(=O)c1c[nH]ccc1=O. The number of pyridine rings is 1. The molecule has 2 heterocycles. The number of piperazine rings is 1. The van der Waals surface area contributed by atoms with E-state index in [1.54, 1.807) is 4.90 Å². The average molecular weight is 221 g/mol. The zero-order valence-electron chi connectivity index (χ0n) is 9.19. The molecule has 0 saturated carbocycles. The van der Waals surface area contributed by atoms with Crippen LogP contribution in [-0.4, -0.2) is 41.5 Å². The molecule has 0 aliphatic carbocycles. The van der Waals surface area contributed by atoms with Crippen LogP contribution in [0.4, 0.5) is 0 Å². The van der Waals surface area contributed by atoms with Gasteiger partial charge in [-0.2, -0.15) is 0 Å². The maximum Gasteiger partial charge on any atom is 0.259 e. The molecule has 1 fully saturated rings. The maximum atomic E-state index is 12.1. The van der Waals surface area contributed by atoms with Gasteiger partial charge < -0.3 is 15.2 Å².